The summed E-state index contributed by atoms with van der Waals surface area (Å²) < 4.78 is 11.8. The van der Waals surface area contributed by atoms with Crippen LogP contribution in [0.4, 0.5) is 0 Å². The summed E-state index contributed by atoms with van der Waals surface area (Å²) in [4.78, 5) is 27.4. The van der Waals surface area contributed by atoms with Crippen molar-refractivity contribution in [2.75, 3.05) is 26.2 Å². The Morgan fingerprint density at radius 1 is 1.03 bits per heavy atom. The maximum atomic E-state index is 12.7. The number of fused-ring (bicyclic) bond motifs is 1. The maximum absolute atomic E-state index is 12.7. The van der Waals surface area contributed by atoms with Crippen molar-refractivity contribution in [2.45, 2.75) is 44.4 Å². The number of carbonyl (C=O) groups is 1. The minimum Gasteiger partial charge on any atom is -0.490 e. The maximum Gasteiger partial charge on any atom is 0.287 e. The van der Waals surface area contributed by atoms with Gasteiger partial charge in [-0.1, -0.05) is 24.3 Å². The SMILES string of the molecule is O=C(NC1CCN(Cc2ccc(OC3CCNCC3)cc2)CC1)c1cc(=O)c2ccccc2o1. The van der Waals surface area contributed by atoms with Crippen LogP contribution in [0.15, 0.2) is 63.8 Å². The molecule has 2 aromatic carbocycles. The highest BCUT2D eigenvalue weighted by molar-refractivity contribution is 5.93. The summed E-state index contributed by atoms with van der Waals surface area (Å²) in [6.07, 6.45) is 4.14. The van der Waals surface area contributed by atoms with E-state index in [1.807, 2.05) is 0 Å². The number of carbonyl (C=O) groups excluding carboxylic acids is 1. The molecule has 0 radical (unpaired) electrons. The van der Waals surface area contributed by atoms with E-state index in [1.165, 1.54) is 11.6 Å². The van der Waals surface area contributed by atoms with Gasteiger partial charge in [-0.3, -0.25) is 14.5 Å². The van der Waals surface area contributed by atoms with Crippen molar-refractivity contribution >= 4 is 16.9 Å². The Hall–Kier alpha value is -3.16. The van der Waals surface area contributed by atoms with Crippen molar-refractivity contribution in [1.29, 1.82) is 0 Å². The molecule has 2 aliphatic heterocycles. The lowest BCUT2D eigenvalue weighted by atomic mass is 10.0. The van der Waals surface area contributed by atoms with Crippen molar-refractivity contribution < 1.29 is 13.9 Å². The van der Waals surface area contributed by atoms with E-state index in [0.29, 0.717) is 17.1 Å². The molecule has 2 saturated heterocycles. The normalized spacial score (nSPS) is 18.1. The molecule has 0 bridgehead atoms. The van der Waals surface area contributed by atoms with E-state index in [-0.39, 0.29) is 23.1 Å². The van der Waals surface area contributed by atoms with Crippen LogP contribution in [0.5, 0.6) is 5.75 Å². The van der Waals surface area contributed by atoms with Crippen molar-refractivity contribution in [3.8, 4) is 5.75 Å². The minimum atomic E-state index is -0.328. The second-order valence-electron chi connectivity index (χ2n) is 9.21. The molecule has 0 aliphatic carbocycles. The molecule has 0 atom stereocenters. The number of benzene rings is 2. The topological polar surface area (TPSA) is 83.8 Å². The first-order valence-corrected chi connectivity index (χ1v) is 12.2. The van der Waals surface area contributed by atoms with Crippen LogP contribution >= 0.6 is 0 Å². The van der Waals surface area contributed by atoms with Crippen molar-refractivity contribution in [3.63, 3.8) is 0 Å². The highest BCUT2D eigenvalue weighted by Crippen LogP contribution is 2.20. The summed E-state index contributed by atoms with van der Waals surface area (Å²) in [7, 11) is 0. The number of piperidine rings is 2. The van der Waals surface area contributed by atoms with Gasteiger partial charge in [-0.05, 0) is 68.6 Å². The zero-order valence-electron chi connectivity index (χ0n) is 19.3. The fourth-order valence-electron chi connectivity index (χ4n) is 4.75. The van der Waals surface area contributed by atoms with E-state index in [0.717, 1.165) is 64.2 Å². The van der Waals surface area contributed by atoms with Gasteiger partial charge >= 0.3 is 0 Å². The first kappa shape index (κ1) is 22.6. The van der Waals surface area contributed by atoms with Crippen LogP contribution in [0.25, 0.3) is 11.0 Å². The first-order chi connectivity index (χ1) is 16.6. The zero-order valence-corrected chi connectivity index (χ0v) is 19.3. The average molecular weight is 462 g/mol. The number of para-hydroxylation sites is 1. The van der Waals surface area contributed by atoms with Crippen LogP contribution in [0.2, 0.25) is 0 Å². The van der Waals surface area contributed by atoms with E-state index in [4.69, 9.17) is 9.15 Å². The van der Waals surface area contributed by atoms with Crippen LogP contribution in [-0.2, 0) is 6.54 Å². The number of hydrogen-bond donors (Lipinski definition) is 2. The number of rotatable bonds is 6. The fraction of sp³-hybridized carbons (Fsp3) is 0.407. The molecule has 3 aromatic rings. The van der Waals surface area contributed by atoms with Crippen LogP contribution in [0.3, 0.4) is 0 Å². The Morgan fingerprint density at radius 2 is 1.76 bits per heavy atom. The number of ether oxygens (including phenoxy) is 1. The second-order valence-corrected chi connectivity index (χ2v) is 9.21. The Labute approximate surface area is 199 Å². The van der Waals surface area contributed by atoms with Gasteiger partial charge in [0.05, 0.1) is 5.39 Å². The highest BCUT2D eigenvalue weighted by Gasteiger charge is 2.23. The molecule has 7 nitrogen and oxygen atoms in total. The molecule has 0 saturated carbocycles. The summed E-state index contributed by atoms with van der Waals surface area (Å²) >= 11 is 0. The molecule has 0 unspecified atom stereocenters. The number of likely N-dealkylation sites (tertiary alicyclic amines) is 1. The van der Waals surface area contributed by atoms with Gasteiger partial charge in [0.2, 0.25) is 0 Å². The molecule has 3 heterocycles. The van der Waals surface area contributed by atoms with Gasteiger partial charge in [0.1, 0.15) is 17.4 Å². The molecule has 2 aliphatic rings. The molecule has 0 spiro atoms. The molecular formula is C27H31N3O4. The van der Waals surface area contributed by atoms with Gasteiger partial charge in [-0.15, -0.1) is 0 Å². The van der Waals surface area contributed by atoms with Crippen LogP contribution < -0.4 is 20.8 Å². The zero-order chi connectivity index (χ0) is 23.3. The highest BCUT2D eigenvalue weighted by atomic mass is 16.5. The van der Waals surface area contributed by atoms with E-state index in [2.05, 4.69) is 39.8 Å². The van der Waals surface area contributed by atoms with E-state index < -0.39 is 0 Å². The third kappa shape index (κ3) is 5.48. The molecule has 5 rings (SSSR count). The third-order valence-corrected chi connectivity index (χ3v) is 6.70. The minimum absolute atomic E-state index is 0.0675. The van der Waals surface area contributed by atoms with Gasteiger partial charge in [0, 0.05) is 31.7 Å². The average Bonchev–Trinajstić information content (AvgIpc) is 2.87. The second kappa shape index (κ2) is 10.4. The quantitative estimate of drug-likeness (QED) is 0.586. The third-order valence-electron chi connectivity index (χ3n) is 6.70. The molecule has 178 valence electrons. The standard InChI is InChI=1S/C27H31N3O4/c31-24-17-26(34-25-4-2-1-3-23(24)25)27(32)29-20-11-15-30(16-12-20)18-19-5-7-21(8-6-19)33-22-9-13-28-14-10-22/h1-8,17,20,22,28H,9-16,18H2,(H,29,32). The Kier molecular flexibility index (Phi) is 6.92. The largest absolute Gasteiger partial charge is 0.490 e. The lowest BCUT2D eigenvalue weighted by Crippen LogP contribution is -2.44. The molecule has 2 fully saturated rings. The summed E-state index contributed by atoms with van der Waals surface area (Å²) in [5, 5.41) is 6.88. The van der Waals surface area contributed by atoms with Gasteiger partial charge in [0.25, 0.3) is 5.91 Å². The number of hydrogen-bond acceptors (Lipinski definition) is 6. The number of nitrogens with zero attached hydrogens (tertiary/aromatic N) is 1. The van der Waals surface area contributed by atoms with Gasteiger partial charge in [-0.2, -0.15) is 0 Å². The van der Waals surface area contributed by atoms with Gasteiger partial charge < -0.3 is 19.8 Å². The van der Waals surface area contributed by atoms with Crippen LogP contribution in [-0.4, -0.2) is 49.1 Å². The molecule has 7 heteroatoms. The summed E-state index contributed by atoms with van der Waals surface area (Å²) in [6, 6.07) is 16.8. The lowest BCUT2D eigenvalue weighted by Gasteiger charge is -2.32. The van der Waals surface area contributed by atoms with Gasteiger partial charge in [0.15, 0.2) is 11.2 Å². The van der Waals surface area contributed by atoms with E-state index in [1.54, 1.807) is 24.3 Å². The molecule has 2 N–H and O–H groups in total. The van der Waals surface area contributed by atoms with E-state index >= 15 is 0 Å². The van der Waals surface area contributed by atoms with Gasteiger partial charge in [-0.25, -0.2) is 0 Å². The smallest absolute Gasteiger partial charge is 0.287 e. The Morgan fingerprint density at radius 3 is 2.53 bits per heavy atom. The number of amides is 1. The summed E-state index contributed by atoms with van der Waals surface area (Å²) in [6.45, 7) is 4.74. The molecular weight excluding hydrogens is 430 g/mol. The first-order valence-electron chi connectivity index (χ1n) is 12.2. The predicted octanol–water partition coefficient (Wildman–Crippen LogP) is 3.32. The summed E-state index contributed by atoms with van der Waals surface area (Å²) in [5.74, 6) is 0.681. The molecule has 1 amide bonds. The molecule has 1 aromatic heterocycles. The van der Waals surface area contributed by atoms with Crippen LogP contribution in [0.1, 0.15) is 41.8 Å². The van der Waals surface area contributed by atoms with Crippen molar-refractivity contribution in [3.05, 3.63) is 76.1 Å². The monoisotopic (exact) mass is 461 g/mol. The Bertz CT molecular complexity index is 1180. The van der Waals surface area contributed by atoms with E-state index in [9.17, 15) is 9.59 Å². The summed E-state index contributed by atoms with van der Waals surface area (Å²) in [5.41, 5.74) is 1.49. The molecule has 34 heavy (non-hydrogen) atoms. The lowest BCUT2D eigenvalue weighted by molar-refractivity contribution is 0.0881. The van der Waals surface area contributed by atoms with Crippen LogP contribution in [0, 0.1) is 0 Å². The van der Waals surface area contributed by atoms with Crippen molar-refractivity contribution in [2.24, 2.45) is 0 Å². The van der Waals surface area contributed by atoms with Crippen molar-refractivity contribution in [1.82, 2.24) is 15.5 Å². The predicted molar refractivity (Wildman–Crippen MR) is 131 cm³/mol. The Balaban J connectivity index is 1.10. The fourth-order valence-corrected chi connectivity index (χ4v) is 4.75. The number of nitrogens with one attached hydrogen (secondary N) is 2.